The van der Waals surface area contributed by atoms with Crippen molar-refractivity contribution in [3.63, 3.8) is 0 Å². The minimum Gasteiger partial charge on any atom is -0.481 e. The number of aliphatic carboxylic acids is 4. The van der Waals surface area contributed by atoms with Crippen LogP contribution in [-0.4, -0.2) is 157 Å². The highest BCUT2D eigenvalue weighted by atomic mass is 32.2. The Bertz CT molecular complexity index is 1630. The van der Waals surface area contributed by atoms with E-state index in [0.29, 0.717) is 12.2 Å². The molecule has 0 saturated carbocycles. The molecular formula is C37H60N8O15S. The first-order valence-electron chi connectivity index (χ1n) is 19.7. The van der Waals surface area contributed by atoms with Crippen LogP contribution >= 0.6 is 11.8 Å². The topological polar surface area (TPSA) is 370 Å². The summed E-state index contributed by atoms with van der Waals surface area (Å²) in [5.41, 5.74) is 5.72. The molecule has 8 atom stereocenters. The van der Waals surface area contributed by atoms with Crippen LogP contribution in [0.2, 0.25) is 0 Å². The van der Waals surface area contributed by atoms with Gasteiger partial charge in [0.25, 0.3) is 0 Å². The van der Waals surface area contributed by atoms with Gasteiger partial charge in [-0.15, -0.1) is 0 Å². The van der Waals surface area contributed by atoms with Crippen molar-refractivity contribution in [2.45, 2.75) is 134 Å². The number of nitrogens with one attached hydrogen (secondary N) is 6. The Labute approximate surface area is 356 Å². The van der Waals surface area contributed by atoms with E-state index in [4.69, 9.17) is 10.8 Å². The minimum absolute atomic E-state index is 0.00184. The summed E-state index contributed by atoms with van der Waals surface area (Å²) in [7, 11) is 0. The zero-order chi connectivity index (χ0) is 46.7. The van der Waals surface area contributed by atoms with Crippen molar-refractivity contribution >= 4 is 77.0 Å². The van der Waals surface area contributed by atoms with Gasteiger partial charge in [0.1, 0.15) is 42.3 Å². The number of carboxylic acid groups (broad SMARTS) is 4. The van der Waals surface area contributed by atoms with Gasteiger partial charge in [-0.3, -0.25) is 47.9 Å². The van der Waals surface area contributed by atoms with Crippen LogP contribution in [0, 0.1) is 11.8 Å². The van der Waals surface area contributed by atoms with Crippen LogP contribution in [0.1, 0.15) is 86.0 Å². The Morgan fingerprint density at radius 2 is 1.03 bits per heavy atom. The van der Waals surface area contributed by atoms with E-state index in [9.17, 15) is 68.1 Å². The molecule has 24 heteroatoms. The fourth-order valence-corrected chi connectivity index (χ4v) is 6.63. The number of carboxylic acids is 4. The van der Waals surface area contributed by atoms with E-state index in [-0.39, 0.29) is 19.4 Å². The highest BCUT2D eigenvalue weighted by Gasteiger charge is 2.39. The second kappa shape index (κ2) is 26.0. The van der Waals surface area contributed by atoms with Crippen molar-refractivity contribution in [2.24, 2.45) is 17.6 Å². The van der Waals surface area contributed by atoms with Crippen LogP contribution in [0.15, 0.2) is 0 Å². The lowest BCUT2D eigenvalue weighted by Crippen LogP contribution is -2.61. The molecule has 1 rings (SSSR count). The van der Waals surface area contributed by atoms with Crippen molar-refractivity contribution in [1.29, 1.82) is 0 Å². The van der Waals surface area contributed by atoms with Crippen LogP contribution in [0.3, 0.4) is 0 Å². The van der Waals surface area contributed by atoms with Crippen molar-refractivity contribution in [3.05, 3.63) is 0 Å². The Kier molecular flexibility index (Phi) is 22.8. The van der Waals surface area contributed by atoms with Crippen LogP contribution in [-0.2, 0) is 52.7 Å². The number of thioether (sulfide) groups is 1. The number of likely N-dealkylation sites (tertiary alicyclic amines) is 1. The maximum atomic E-state index is 13.8. The second-order valence-corrected chi connectivity index (χ2v) is 16.3. The molecule has 0 spiro atoms. The average molecular weight is 889 g/mol. The molecule has 0 bridgehead atoms. The summed E-state index contributed by atoms with van der Waals surface area (Å²) in [6, 6.07) is -11.0. The standard InChI is InChI=1S/C37H60N8O15S/c1-17(2)28(34(56)41-22(13-15-61-6)31(53)42-23(37(59)60)16-27(50)51)44-35(57)29(18(3)4)43-32(54)21(10-12-26(48)49)39-30(52)20(9-11-25(46)47)40-33(55)24-8-7-14-45(24)36(58)19(5)38/h17-24,28-29H,7-16,38H2,1-6H3,(H,39,52)(H,40,55)(H,41,56)(H,42,53)(H,43,54)(H,44,57)(H,46,47)(H,48,49)(H,50,51)(H,59,60)/t19-,20-,21-,22-,23-,24-,28-,29-/m0/s1. The Balaban J connectivity index is 3.31. The largest absolute Gasteiger partial charge is 0.481 e. The quantitative estimate of drug-likeness (QED) is 0.0409. The number of nitrogens with two attached hydrogens (primary N) is 1. The summed E-state index contributed by atoms with van der Waals surface area (Å²) < 4.78 is 0. The van der Waals surface area contributed by atoms with Crippen LogP contribution in [0.5, 0.6) is 0 Å². The molecule has 61 heavy (non-hydrogen) atoms. The molecule has 1 heterocycles. The fraction of sp³-hybridized carbons (Fsp3) is 0.703. The summed E-state index contributed by atoms with van der Waals surface area (Å²) >= 11 is 1.30. The molecule has 1 aliphatic rings. The Morgan fingerprint density at radius 1 is 0.607 bits per heavy atom. The molecule has 23 nitrogen and oxygen atoms in total. The molecule has 12 N–H and O–H groups in total. The number of carbonyl (C=O) groups is 11. The number of amides is 7. The molecule has 0 unspecified atom stereocenters. The molecule has 1 fully saturated rings. The SMILES string of the molecule is CSCC[C@H](NC(=O)[C@@H](NC(=O)[C@@H](NC(=O)[C@H](CCC(=O)O)NC(=O)[C@H](CCC(=O)O)NC(=O)[C@@H]1CCCN1C(=O)[C@H](C)N)C(C)C)C(C)C)C(=O)N[C@@H](CC(=O)O)C(=O)O. The summed E-state index contributed by atoms with van der Waals surface area (Å²) in [6.07, 6.45) is -0.752. The maximum Gasteiger partial charge on any atom is 0.326 e. The van der Waals surface area contributed by atoms with Gasteiger partial charge in [-0.05, 0) is 62.9 Å². The number of nitrogens with zero attached hydrogens (tertiary/aromatic N) is 1. The predicted molar refractivity (Wildman–Crippen MR) is 216 cm³/mol. The lowest BCUT2D eigenvalue weighted by Gasteiger charge is -2.30. The summed E-state index contributed by atoms with van der Waals surface area (Å²) in [4.78, 5) is 141. The van der Waals surface area contributed by atoms with E-state index in [2.05, 4.69) is 31.9 Å². The first-order chi connectivity index (χ1) is 28.4. The first kappa shape index (κ1) is 53.5. The smallest absolute Gasteiger partial charge is 0.326 e. The maximum absolute atomic E-state index is 13.8. The molecule has 1 saturated heterocycles. The molecule has 0 aromatic carbocycles. The first-order valence-corrected chi connectivity index (χ1v) is 21.1. The number of rotatable bonds is 27. The third-order valence-corrected chi connectivity index (χ3v) is 10.2. The van der Waals surface area contributed by atoms with Gasteiger partial charge in [-0.25, -0.2) is 4.79 Å². The van der Waals surface area contributed by atoms with Crippen molar-refractivity contribution in [2.75, 3.05) is 18.6 Å². The molecule has 1 aliphatic heterocycles. The van der Waals surface area contributed by atoms with Gasteiger partial charge in [0.2, 0.25) is 41.4 Å². The zero-order valence-corrected chi connectivity index (χ0v) is 35.9. The van der Waals surface area contributed by atoms with Crippen molar-refractivity contribution in [1.82, 2.24) is 36.8 Å². The van der Waals surface area contributed by atoms with Crippen molar-refractivity contribution in [3.8, 4) is 0 Å². The third kappa shape index (κ3) is 18.3. The fourth-order valence-electron chi connectivity index (χ4n) is 6.16. The van der Waals surface area contributed by atoms with E-state index in [1.54, 1.807) is 34.0 Å². The highest BCUT2D eigenvalue weighted by Crippen LogP contribution is 2.19. The van der Waals surface area contributed by atoms with E-state index < -0.39 is 158 Å². The summed E-state index contributed by atoms with van der Waals surface area (Å²) in [6.45, 7) is 7.87. The molecule has 7 amide bonds. The van der Waals surface area contributed by atoms with E-state index in [0.717, 1.165) is 0 Å². The zero-order valence-electron chi connectivity index (χ0n) is 35.1. The van der Waals surface area contributed by atoms with Gasteiger partial charge < -0.3 is 63.0 Å². The molecule has 344 valence electrons. The molecular weight excluding hydrogens is 829 g/mol. The molecule has 0 radical (unpaired) electrons. The molecule has 0 aromatic heterocycles. The monoisotopic (exact) mass is 888 g/mol. The lowest BCUT2D eigenvalue weighted by atomic mass is 9.98. The van der Waals surface area contributed by atoms with E-state index in [1.165, 1.54) is 23.6 Å². The van der Waals surface area contributed by atoms with E-state index in [1.807, 2.05) is 0 Å². The van der Waals surface area contributed by atoms with Crippen LogP contribution in [0.4, 0.5) is 0 Å². The molecule has 0 aliphatic carbocycles. The Morgan fingerprint density at radius 3 is 1.48 bits per heavy atom. The summed E-state index contributed by atoms with van der Waals surface area (Å²) in [5.74, 6) is -12.9. The van der Waals surface area contributed by atoms with Gasteiger partial charge >= 0.3 is 23.9 Å². The van der Waals surface area contributed by atoms with Gasteiger partial charge in [0.15, 0.2) is 0 Å². The van der Waals surface area contributed by atoms with Gasteiger partial charge in [-0.1, -0.05) is 27.7 Å². The van der Waals surface area contributed by atoms with Crippen molar-refractivity contribution < 1.29 is 73.2 Å². The number of carbonyl (C=O) groups excluding carboxylic acids is 7. The van der Waals surface area contributed by atoms with Gasteiger partial charge in [-0.2, -0.15) is 11.8 Å². The van der Waals surface area contributed by atoms with E-state index >= 15 is 0 Å². The minimum atomic E-state index is -1.80. The molecule has 0 aromatic rings. The second-order valence-electron chi connectivity index (χ2n) is 15.3. The Hall–Kier alpha value is -5.52. The van der Waals surface area contributed by atoms with Gasteiger partial charge in [0, 0.05) is 19.4 Å². The lowest BCUT2D eigenvalue weighted by molar-refractivity contribution is -0.147. The van der Waals surface area contributed by atoms with Crippen LogP contribution in [0.25, 0.3) is 0 Å². The predicted octanol–water partition coefficient (Wildman–Crippen LogP) is -2.41. The third-order valence-electron chi connectivity index (χ3n) is 9.52. The number of hydrogen-bond donors (Lipinski definition) is 11. The number of hydrogen-bond acceptors (Lipinski definition) is 13. The normalized spacial score (nSPS) is 17.1. The van der Waals surface area contributed by atoms with Crippen LogP contribution < -0.4 is 37.6 Å². The van der Waals surface area contributed by atoms with Gasteiger partial charge in [0.05, 0.1) is 12.5 Å². The average Bonchev–Trinajstić information content (AvgIpc) is 3.66. The summed E-state index contributed by atoms with van der Waals surface area (Å²) in [5, 5.41) is 51.6. The highest BCUT2D eigenvalue weighted by molar-refractivity contribution is 7.98.